The second-order valence-corrected chi connectivity index (χ2v) is 5.79. The number of aromatic nitrogens is 1. The molecule has 0 aromatic carbocycles. The van der Waals surface area contributed by atoms with Crippen molar-refractivity contribution in [3.05, 3.63) is 22.8 Å². The number of hydrogen-bond acceptors (Lipinski definition) is 4. The number of hydrogen-bond donors (Lipinski definition) is 1. The number of nitrogens with zero attached hydrogens (tertiary/aromatic N) is 2. The zero-order chi connectivity index (χ0) is 16.1. The highest BCUT2D eigenvalue weighted by Gasteiger charge is 2.23. The third kappa shape index (κ3) is 4.59. The molecule has 1 aliphatic carbocycles. The lowest BCUT2D eigenvalue weighted by Gasteiger charge is -2.20. The van der Waals surface area contributed by atoms with Crippen LogP contribution in [0, 0.1) is 5.92 Å². The van der Waals surface area contributed by atoms with E-state index in [1.165, 1.54) is 17.2 Å². The Morgan fingerprint density at radius 2 is 2.23 bits per heavy atom. The summed E-state index contributed by atoms with van der Waals surface area (Å²) >= 11 is 6.09. The summed E-state index contributed by atoms with van der Waals surface area (Å²) in [6.45, 7) is 2.48. The van der Waals surface area contributed by atoms with Crippen molar-refractivity contribution in [2.24, 2.45) is 5.92 Å². The summed E-state index contributed by atoms with van der Waals surface area (Å²) < 4.78 is 5.51. The first-order chi connectivity index (χ1) is 10.5. The Bertz CT molecular complexity index is 560. The van der Waals surface area contributed by atoms with E-state index in [2.05, 4.69) is 4.98 Å². The molecule has 120 valence electrons. The predicted octanol–water partition coefficient (Wildman–Crippen LogP) is 2.46. The Hall–Kier alpha value is -1.82. The molecule has 2 rings (SSSR count). The van der Waals surface area contributed by atoms with Crippen molar-refractivity contribution in [2.45, 2.75) is 26.2 Å². The summed E-state index contributed by atoms with van der Waals surface area (Å²) in [7, 11) is 0. The fraction of sp³-hybridized carbons (Fsp3) is 0.533. The first-order valence-electron chi connectivity index (χ1n) is 7.30. The van der Waals surface area contributed by atoms with Gasteiger partial charge in [-0.15, -0.1) is 0 Å². The molecule has 6 nitrogen and oxygen atoms in total. The molecule has 1 heterocycles. The van der Waals surface area contributed by atoms with Crippen LogP contribution in [0.25, 0.3) is 0 Å². The molecule has 0 bridgehead atoms. The fourth-order valence-electron chi connectivity index (χ4n) is 2.00. The molecular formula is C15H19ClN2O4. The van der Waals surface area contributed by atoms with E-state index >= 15 is 0 Å². The maximum Gasteiger partial charge on any atom is 0.323 e. The Morgan fingerprint density at radius 1 is 1.50 bits per heavy atom. The summed E-state index contributed by atoms with van der Waals surface area (Å²) in [6.07, 6.45) is 4.37. The lowest BCUT2D eigenvalue weighted by molar-refractivity contribution is -0.137. The van der Waals surface area contributed by atoms with E-state index < -0.39 is 11.9 Å². The van der Waals surface area contributed by atoms with Gasteiger partial charge in [-0.05, 0) is 31.2 Å². The number of carbonyl (C=O) groups excluding carboxylic acids is 1. The van der Waals surface area contributed by atoms with Gasteiger partial charge >= 0.3 is 5.97 Å². The number of rotatable bonds is 8. The van der Waals surface area contributed by atoms with Gasteiger partial charge in [-0.1, -0.05) is 18.5 Å². The van der Waals surface area contributed by atoms with Crippen LogP contribution in [-0.4, -0.2) is 46.6 Å². The lowest BCUT2D eigenvalue weighted by Crippen LogP contribution is -2.36. The van der Waals surface area contributed by atoms with Gasteiger partial charge in [-0.3, -0.25) is 9.59 Å². The van der Waals surface area contributed by atoms with Gasteiger partial charge in [0.15, 0.2) is 0 Å². The van der Waals surface area contributed by atoms with Crippen molar-refractivity contribution < 1.29 is 19.4 Å². The molecule has 1 aliphatic rings. The molecule has 0 saturated heterocycles. The van der Waals surface area contributed by atoms with E-state index in [1.54, 1.807) is 0 Å². The van der Waals surface area contributed by atoms with Gasteiger partial charge in [-0.25, -0.2) is 4.98 Å². The lowest BCUT2D eigenvalue weighted by atomic mass is 10.2. The number of carboxylic acid groups (broad SMARTS) is 1. The van der Waals surface area contributed by atoms with E-state index in [0.717, 1.165) is 12.8 Å². The minimum Gasteiger partial charge on any atom is -0.480 e. The van der Waals surface area contributed by atoms with Crippen LogP contribution in [0.5, 0.6) is 5.88 Å². The Kier molecular flexibility index (Phi) is 5.60. The highest BCUT2D eigenvalue weighted by atomic mass is 35.5. The molecule has 1 aromatic rings. The van der Waals surface area contributed by atoms with Crippen molar-refractivity contribution in [3.8, 4) is 5.88 Å². The van der Waals surface area contributed by atoms with Crippen LogP contribution in [0.1, 0.15) is 36.5 Å². The maximum atomic E-state index is 12.3. The highest BCUT2D eigenvalue weighted by Crippen LogP contribution is 2.31. The Morgan fingerprint density at radius 3 is 2.77 bits per heavy atom. The van der Waals surface area contributed by atoms with Crippen molar-refractivity contribution >= 4 is 23.5 Å². The van der Waals surface area contributed by atoms with E-state index in [-0.39, 0.29) is 17.1 Å². The van der Waals surface area contributed by atoms with Crippen LogP contribution in [-0.2, 0) is 4.79 Å². The van der Waals surface area contributed by atoms with Crippen molar-refractivity contribution in [2.75, 3.05) is 19.7 Å². The Labute approximate surface area is 134 Å². The van der Waals surface area contributed by atoms with E-state index in [0.29, 0.717) is 31.4 Å². The van der Waals surface area contributed by atoms with Gasteiger partial charge in [-0.2, -0.15) is 0 Å². The number of halogens is 1. The van der Waals surface area contributed by atoms with Gasteiger partial charge in [0.2, 0.25) is 5.88 Å². The van der Waals surface area contributed by atoms with Crippen LogP contribution in [0.4, 0.5) is 0 Å². The summed E-state index contributed by atoms with van der Waals surface area (Å²) in [5.74, 6) is -0.558. The number of carbonyl (C=O) groups is 2. The molecule has 1 fully saturated rings. The van der Waals surface area contributed by atoms with Crippen molar-refractivity contribution in [1.82, 2.24) is 9.88 Å². The van der Waals surface area contributed by atoms with E-state index in [1.807, 2.05) is 6.92 Å². The summed E-state index contributed by atoms with van der Waals surface area (Å²) in [5, 5.41) is 9.14. The summed E-state index contributed by atoms with van der Waals surface area (Å²) in [6, 6.07) is 1.48. The highest BCUT2D eigenvalue weighted by molar-refractivity contribution is 6.32. The molecule has 1 amide bonds. The largest absolute Gasteiger partial charge is 0.480 e. The molecular weight excluding hydrogens is 308 g/mol. The maximum absolute atomic E-state index is 12.3. The molecule has 0 unspecified atom stereocenters. The first kappa shape index (κ1) is 16.5. The molecule has 7 heteroatoms. The van der Waals surface area contributed by atoms with Gasteiger partial charge in [0.1, 0.15) is 11.6 Å². The molecule has 0 spiro atoms. The van der Waals surface area contributed by atoms with Crippen molar-refractivity contribution in [1.29, 1.82) is 0 Å². The SMILES string of the molecule is CCCN(CC(=O)O)C(=O)c1cnc(OCC2CC2)c(Cl)c1. The normalized spacial score (nSPS) is 13.7. The number of pyridine rings is 1. The molecule has 22 heavy (non-hydrogen) atoms. The van der Waals surface area contributed by atoms with Crippen LogP contribution in [0.3, 0.4) is 0 Å². The van der Waals surface area contributed by atoms with Gasteiger partial charge in [0, 0.05) is 12.7 Å². The second-order valence-electron chi connectivity index (χ2n) is 5.39. The smallest absolute Gasteiger partial charge is 0.323 e. The number of ether oxygens (including phenoxy) is 1. The average molecular weight is 327 g/mol. The number of aliphatic carboxylic acids is 1. The standard InChI is InChI=1S/C15H19ClN2O4/c1-2-5-18(8-13(19)20)15(21)11-6-12(16)14(17-7-11)22-9-10-3-4-10/h6-7,10H,2-5,8-9H2,1H3,(H,19,20). The zero-order valence-electron chi connectivity index (χ0n) is 12.4. The second kappa shape index (κ2) is 7.45. The number of carboxylic acids is 1. The summed E-state index contributed by atoms with van der Waals surface area (Å²) in [4.78, 5) is 28.5. The topological polar surface area (TPSA) is 79.7 Å². The van der Waals surface area contributed by atoms with Gasteiger partial charge < -0.3 is 14.7 Å². The minimum absolute atomic E-state index is 0.262. The van der Waals surface area contributed by atoms with E-state index in [9.17, 15) is 9.59 Å². The van der Waals surface area contributed by atoms with Gasteiger partial charge in [0.25, 0.3) is 5.91 Å². The minimum atomic E-state index is -1.05. The molecule has 1 N–H and O–H groups in total. The predicted molar refractivity (Wildman–Crippen MR) is 81.3 cm³/mol. The number of amides is 1. The van der Waals surface area contributed by atoms with Crippen LogP contribution >= 0.6 is 11.6 Å². The fourth-order valence-corrected chi connectivity index (χ4v) is 2.22. The van der Waals surface area contributed by atoms with Gasteiger partial charge in [0.05, 0.1) is 12.2 Å². The molecule has 0 atom stereocenters. The molecule has 1 saturated carbocycles. The zero-order valence-corrected chi connectivity index (χ0v) is 13.2. The van der Waals surface area contributed by atoms with Crippen LogP contribution < -0.4 is 4.74 Å². The van der Waals surface area contributed by atoms with E-state index in [4.69, 9.17) is 21.4 Å². The third-order valence-electron chi connectivity index (χ3n) is 3.31. The van der Waals surface area contributed by atoms with Crippen LogP contribution in [0.2, 0.25) is 5.02 Å². The molecule has 1 aromatic heterocycles. The van der Waals surface area contributed by atoms with Crippen LogP contribution in [0.15, 0.2) is 12.3 Å². The molecule has 0 radical (unpaired) electrons. The average Bonchev–Trinajstić information content (AvgIpc) is 3.28. The Balaban J connectivity index is 2.07. The monoisotopic (exact) mass is 326 g/mol. The molecule has 0 aliphatic heterocycles. The van der Waals surface area contributed by atoms with Crippen molar-refractivity contribution in [3.63, 3.8) is 0 Å². The third-order valence-corrected chi connectivity index (χ3v) is 3.58. The quantitative estimate of drug-likeness (QED) is 0.793. The first-order valence-corrected chi connectivity index (χ1v) is 7.68. The summed E-state index contributed by atoms with van der Waals surface area (Å²) in [5.41, 5.74) is 0.262.